The first-order chi connectivity index (χ1) is 12.2. The fourth-order valence-electron chi connectivity index (χ4n) is 3.25. The quantitative estimate of drug-likeness (QED) is 0.846. The Balaban J connectivity index is 1.52. The highest BCUT2D eigenvalue weighted by Gasteiger charge is 2.28. The van der Waals surface area contributed by atoms with E-state index < -0.39 is 0 Å². The number of amides is 1. The molecule has 5 nitrogen and oxygen atoms in total. The summed E-state index contributed by atoms with van der Waals surface area (Å²) in [5, 5.41) is 0. The van der Waals surface area contributed by atoms with E-state index in [0.29, 0.717) is 31.9 Å². The molecule has 25 heavy (non-hydrogen) atoms. The average molecular weight is 336 g/mol. The minimum absolute atomic E-state index is 0.0218. The zero-order valence-corrected chi connectivity index (χ0v) is 14.1. The van der Waals surface area contributed by atoms with E-state index >= 15 is 0 Å². The van der Waals surface area contributed by atoms with Crippen molar-refractivity contribution in [3.63, 3.8) is 0 Å². The van der Waals surface area contributed by atoms with Crippen molar-refractivity contribution in [3.05, 3.63) is 65.0 Å². The Morgan fingerprint density at radius 3 is 3.04 bits per heavy atom. The predicted octanol–water partition coefficient (Wildman–Crippen LogP) is 2.77. The minimum Gasteiger partial charge on any atom is -0.488 e. The molecule has 0 N–H and O–H groups in total. The molecule has 0 spiro atoms. The number of carbonyl (C=O) groups is 1. The van der Waals surface area contributed by atoms with Crippen molar-refractivity contribution in [3.8, 4) is 5.75 Å². The Kier molecular flexibility index (Phi) is 4.24. The SMILES string of the molecule is Cc1cc(C2CN(C(=O)C3=Cc4ccccc4OC3)CCO2)ccn1. The molecular formula is C20H20N2O3. The van der Waals surface area contributed by atoms with E-state index in [9.17, 15) is 4.79 Å². The third-order valence-electron chi connectivity index (χ3n) is 4.55. The van der Waals surface area contributed by atoms with Gasteiger partial charge in [-0.1, -0.05) is 18.2 Å². The molecule has 1 saturated heterocycles. The number of morpholine rings is 1. The van der Waals surface area contributed by atoms with Gasteiger partial charge in [-0.2, -0.15) is 0 Å². The van der Waals surface area contributed by atoms with Gasteiger partial charge >= 0.3 is 0 Å². The largest absolute Gasteiger partial charge is 0.488 e. The highest BCUT2D eigenvalue weighted by Crippen LogP contribution is 2.28. The molecule has 0 aliphatic carbocycles. The van der Waals surface area contributed by atoms with Crippen LogP contribution in [0.15, 0.2) is 48.2 Å². The normalized spacial score (nSPS) is 19.6. The number of rotatable bonds is 2. The van der Waals surface area contributed by atoms with Crippen molar-refractivity contribution in [1.82, 2.24) is 9.88 Å². The second kappa shape index (κ2) is 6.69. The summed E-state index contributed by atoms with van der Waals surface area (Å²) in [6.45, 7) is 3.94. The second-order valence-corrected chi connectivity index (χ2v) is 6.34. The van der Waals surface area contributed by atoms with Gasteiger partial charge in [-0.05, 0) is 36.8 Å². The molecule has 1 atom stereocenters. The maximum Gasteiger partial charge on any atom is 0.253 e. The van der Waals surface area contributed by atoms with Gasteiger partial charge in [-0.3, -0.25) is 9.78 Å². The third-order valence-corrected chi connectivity index (χ3v) is 4.55. The van der Waals surface area contributed by atoms with E-state index in [2.05, 4.69) is 4.98 Å². The number of hydrogen-bond donors (Lipinski definition) is 0. The maximum absolute atomic E-state index is 12.9. The topological polar surface area (TPSA) is 51.7 Å². The molecule has 1 aromatic heterocycles. The van der Waals surface area contributed by atoms with Gasteiger partial charge in [0.2, 0.25) is 0 Å². The van der Waals surface area contributed by atoms with E-state index in [-0.39, 0.29) is 12.0 Å². The predicted molar refractivity (Wildman–Crippen MR) is 94.2 cm³/mol. The minimum atomic E-state index is -0.114. The van der Waals surface area contributed by atoms with Crippen LogP contribution in [0, 0.1) is 6.92 Å². The van der Waals surface area contributed by atoms with Crippen LogP contribution < -0.4 is 4.74 Å². The Hall–Kier alpha value is -2.66. The summed E-state index contributed by atoms with van der Waals surface area (Å²) < 4.78 is 11.6. The number of ether oxygens (including phenoxy) is 2. The summed E-state index contributed by atoms with van der Waals surface area (Å²) in [7, 11) is 0. The standard InChI is InChI=1S/C20H20N2O3/c1-14-10-16(6-7-21-14)19-12-22(8-9-24-19)20(23)17-11-15-4-2-3-5-18(15)25-13-17/h2-7,10-11,19H,8-9,12-13H2,1H3. The van der Waals surface area contributed by atoms with E-state index in [1.54, 1.807) is 6.20 Å². The Bertz CT molecular complexity index is 831. The number of carbonyl (C=O) groups excluding carboxylic acids is 1. The first-order valence-corrected chi connectivity index (χ1v) is 8.46. The fraction of sp³-hybridized carbons (Fsp3) is 0.300. The van der Waals surface area contributed by atoms with Gasteiger partial charge in [0.25, 0.3) is 5.91 Å². The summed E-state index contributed by atoms with van der Waals surface area (Å²) in [6, 6.07) is 11.7. The molecule has 1 amide bonds. The van der Waals surface area contributed by atoms with Crippen LogP contribution in [0.4, 0.5) is 0 Å². The molecule has 0 bridgehead atoms. The van der Waals surface area contributed by atoms with Crippen LogP contribution in [0.5, 0.6) is 5.75 Å². The first-order valence-electron chi connectivity index (χ1n) is 8.46. The van der Waals surface area contributed by atoms with E-state index in [0.717, 1.165) is 22.6 Å². The lowest BCUT2D eigenvalue weighted by atomic mass is 10.0. The van der Waals surface area contributed by atoms with Crippen molar-refractivity contribution >= 4 is 12.0 Å². The monoisotopic (exact) mass is 336 g/mol. The van der Waals surface area contributed by atoms with Gasteiger partial charge < -0.3 is 14.4 Å². The van der Waals surface area contributed by atoms with Crippen LogP contribution in [0.2, 0.25) is 0 Å². The van der Waals surface area contributed by atoms with Crippen LogP contribution in [0.3, 0.4) is 0 Å². The number of pyridine rings is 1. The number of para-hydroxylation sites is 1. The molecule has 128 valence electrons. The fourth-order valence-corrected chi connectivity index (χ4v) is 3.25. The second-order valence-electron chi connectivity index (χ2n) is 6.34. The van der Waals surface area contributed by atoms with Crippen LogP contribution >= 0.6 is 0 Å². The molecule has 4 rings (SSSR count). The zero-order valence-electron chi connectivity index (χ0n) is 14.1. The Morgan fingerprint density at radius 2 is 2.16 bits per heavy atom. The molecule has 0 saturated carbocycles. The van der Waals surface area contributed by atoms with Crippen molar-refractivity contribution in [1.29, 1.82) is 0 Å². The molecular weight excluding hydrogens is 316 g/mol. The lowest BCUT2D eigenvalue weighted by molar-refractivity contribution is -0.135. The van der Waals surface area contributed by atoms with E-state index in [4.69, 9.17) is 9.47 Å². The number of nitrogens with zero attached hydrogens (tertiary/aromatic N) is 2. The molecule has 2 aliphatic rings. The number of aryl methyl sites for hydroxylation is 1. The van der Waals surface area contributed by atoms with Crippen LogP contribution in [0.1, 0.15) is 22.9 Å². The van der Waals surface area contributed by atoms with Crippen molar-refractivity contribution < 1.29 is 14.3 Å². The summed E-state index contributed by atoms with van der Waals surface area (Å²) in [4.78, 5) is 19.0. The van der Waals surface area contributed by atoms with Gasteiger partial charge in [-0.15, -0.1) is 0 Å². The van der Waals surface area contributed by atoms with Crippen LogP contribution in [0.25, 0.3) is 6.08 Å². The lowest BCUT2D eigenvalue weighted by Crippen LogP contribution is -2.43. The van der Waals surface area contributed by atoms with Crippen LogP contribution in [-0.4, -0.2) is 42.1 Å². The van der Waals surface area contributed by atoms with Crippen molar-refractivity contribution in [2.75, 3.05) is 26.3 Å². The number of hydrogen-bond acceptors (Lipinski definition) is 4. The summed E-state index contributed by atoms with van der Waals surface area (Å²) in [5.41, 5.74) is 3.64. The summed E-state index contributed by atoms with van der Waals surface area (Å²) in [6.07, 6.45) is 3.60. The Labute approximate surface area is 146 Å². The maximum atomic E-state index is 12.9. The van der Waals surface area contributed by atoms with Gasteiger partial charge in [0, 0.05) is 24.0 Å². The lowest BCUT2D eigenvalue weighted by Gasteiger charge is -2.34. The van der Waals surface area contributed by atoms with Gasteiger partial charge in [-0.25, -0.2) is 0 Å². The number of benzene rings is 1. The molecule has 2 aliphatic heterocycles. The third kappa shape index (κ3) is 3.28. The van der Waals surface area contributed by atoms with E-state index in [1.165, 1.54) is 0 Å². The van der Waals surface area contributed by atoms with Gasteiger partial charge in [0.1, 0.15) is 18.5 Å². The molecule has 1 aromatic carbocycles. The van der Waals surface area contributed by atoms with E-state index in [1.807, 2.05) is 54.3 Å². The molecule has 2 aromatic rings. The Morgan fingerprint density at radius 1 is 1.28 bits per heavy atom. The molecule has 0 radical (unpaired) electrons. The zero-order chi connectivity index (χ0) is 17.2. The smallest absolute Gasteiger partial charge is 0.253 e. The van der Waals surface area contributed by atoms with Gasteiger partial charge in [0.15, 0.2) is 0 Å². The molecule has 5 heteroatoms. The molecule has 3 heterocycles. The number of aromatic nitrogens is 1. The van der Waals surface area contributed by atoms with Crippen molar-refractivity contribution in [2.24, 2.45) is 0 Å². The average Bonchev–Trinajstić information content (AvgIpc) is 2.67. The first kappa shape index (κ1) is 15.8. The molecule has 1 fully saturated rings. The number of fused-ring (bicyclic) bond motifs is 1. The highest BCUT2D eigenvalue weighted by molar-refractivity contribution is 5.99. The molecule has 1 unspecified atom stereocenters. The van der Waals surface area contributed by atoms with Crippen LogP contribution in [-0.2, 0) is 9.53 Å². The summed E-state index contributed by atoms with van der Waals surface area (Å²) >= 11 is 0. The highest BCUT2D eigenvalue weighted by atomic mass is 16.5. The van der Waals surface area contributed by atoms with Crippen molar-refractivity contribution in [2.45, 2.75) is 13.0 Å². The van der Waals surface area contributed by atoms with Gasteiger partial charge in [0.05, 0.1) is 18.7 Å². The summed E-state index contributed by atoms with van der Waals surface area (Å²) in [5.74, 6) is 0.847.